The van der Waals surface area contributed by atoms with Gasteiger partial charge in [0.25, 0.3) is 0 Å². The van der Waals surface area contributed by atoms with Crippen LogP contribution in [-0.2, 0) is 25.5 Å². The van der Waals surface area contributed by atoms with Crippen LogP contribution in [0, 0.1) is 0 Å². The Morgan fingerprint density at radius 1 is 0.710 bits per heavy atom. The van der Waals surface area contributed by atoms with Gasteiger partial charge >= 0.3 is 0 Å². The summed E-state index contributed by atoms with van der Waals surface area (Å²) in [6.45, 7) is 6.18. The average Bonchev–Trinajstić information content (AvgIpc) is 2.78. The van der Waals surface area contributed by atoms with E-state index in [2.05, 4.69) is 17.6 Å². The van der Waals surface area contributed by atoms with Gasteiger partial charge in [0.2, 0.25) is 11.8 Å². The highest BCUT2D eigenvalue weighted by Crippen LogP contribution is 2.16. The molecule has 168 valence electrons. The highest BCUT2D eigenvalue weighted by atomic mass is 16.5. The van der Waals surface area contributed by atoms with Crippen molar-refractivity contribution in [3.63, 3.8) is 0 Å². The molecule has 2 amide bonds. The molecule has 0 aromatic heterocycles. The summed E-state index contributed by atoms with van der Waals surface area (Å²) in [5.41, 5.74) is 3.88. The van der Waals surface area contributed by atoms with Crippen molar-refractivity contribution < 1.29 is 19.1 Å². The summed E-state index contributed by atoms with van der Waals surface area (Å²) in [4.78, 5) is 23.5. The second kappa shape index (κ2) is 14.3. The minimum Gasteiger partial charge on any atom is -0.379 e. The van der Waals surface area contributed by atoms with Crippen LogP contribution < -0.4 is 10.6 Å². The van der Waals surface area contributed by atoms with E-state index in [1.54, 1.807) is 0 Å². The van der Waals surface area contributed by atoms with Gasteiger partial charge in [-0.2, -0.15) is 0 Å². The fraction of sp³-hybridized carbons (Fsp3) is 0.440. The number of carbonyl (C=O) groups excluding carboxylic acids is 2. The molecule has 0 aliphatic rings. The molecule has 6 nitrogen and oxygen atoms in total. The van der Waals surface area contributed by atoms with Crippen LogP contribution >= 0.6 is 0 Å². The van der Waals surface area contributed by atoms with E-state index in [0.717, 1.165) is 48.4 Å². The third kappa shape index (κ3) is 10.2. The molecular formula is C25H34N2O4. The van der Waals surface area contributed by atoms with Gasteiger partial charge in [0.1, 0.15) is 0 Å². The van der Waals surface area contributed by atoms with Gasteiger partial charge in [-0.3, -0.25) is 9.59 Å². The Morgan fingerprint density at radius 2 is 1.23 bits per heavy atom. The van der Waals surface area contributed by atoms with Crippen LogP contribution in [0.2, 0.25) is 0 Å². The molecule has 2 N–H and O–H groups in total. The molecule has 0 spiro atoms. The monoisotopic (exact) mass is 426 g/mol. The number of unbranched alkanes of at least 4 members (excludes halogenated alkanes) is 1. The van der Waals surface area contributed by atoms with Crippen LogP contribution in [-0.4, -0.2) is 38.2 Å². The summed E-state index contributed by atoms with van der Waals surface area (Å²) in [7, 11) is 0. The lowest BCUT2D eigenvalue weighted by Crippen LogP contribution is -2.15. The maximum atomic E-state index is 12.0. The lowest BCUT2D eigenvalue weighted by molar-refractivity contribution is -0.117. The Morgan fingerprint density at radius 3 is 1.74 bits per heavy atom. The standard InChI is InChI=1S/C25H34N2O4/c1-3-5-15-30-17-18-31-16-14-25(29)27-23-12-8-21(9-13-23)19-20-6-10-22(11-7-20)26-24(28)4-2/h6-13H,3-5,14-19H2,1-2H3,(H,26,28)(H,27,29). The number of carbonyl (C=O) groups is 2. The number of nitrogens with one attached hydrogen (secondary N) is 2. The zero-order valence-corrected chi connectivity index (χ0v) is 18.6. The van der Waals surface area contributed by atoms with Gasteiger partial charge in [-0.1, -0.05) is 44.5 Å². The van der Waals surface area contributed by atoms with Gasteiger partial charge in [0.15, 0.2) is 0 Å². The molecule has 6 heteroatoms. The molecule has 2 aromatic carbocycles. The van der Waals surface area contributed by atoms with Crippen molar-refractivity contribution in [3.8, 4) is 0 Å². The first-order valence-corrected chi connectivity index (χ1v) is 11.0. The van der Waals surface area contributed by atoms with Crippen molar-refractivity contribution in [1.29, 1.82) is 0 Å². The molecular weight excluding hydrogens is 392 g/mol. The molecule has 0 aliphatic carbocycles. The van der Waals surface area contributed by atoms with Crippen LogP contribution in [0.25, 0.3) is 0 Å². The summed E-state index contributed by atoms with van der Waals surface area (Å²) in [6.07, 6.45) is 3.75. The Kier molecular flexibility index (Phi) is 11.4. The number of rotatable bonds is 14. The quantitative estimate of drug-likeness (QED) is 0.426. The van der Waals surface area contributed by atoms with Gasteiger partial charge in [-0.15, -0.1) is 0 Å². The normalized spacial score (nSPS) is 10.6. The third-order valence-corrected chi connectivity index (χ3v) is 4.69. The summed E-state index contributed by atoms with van der Waals surface area (Å²) in [5, 5.41) is 5.74. The molecule has 0 fully saturated rings. The maximum absolute atomic E-state index is 12.0. The molecule has 0 atom stereocenters. The van der Waals surface area contributed by atoms with Crippen LogP contribution in [0.15, 0.2) is 48.5 Å². The SMILES string of the molecule is CCCCOCCOCCC(=O)Nc1ccc(Cc2ccc(NC(=O)CC)cc2)cc1. The van der Waals surface area contributed by atoms with Crippen LogP contribution in [0.5, 0.6) is 0 Å². The Labute approximate surface area is 185 Å². The van der Waals surface area contributed by atoms with Crippen molar-refractivity contribution >= 4 is 23.2 Å². The molecule has 0 heterocycles. The van der Waals surface area contributed by atoms with Crippen LogP contribution in [0.4, 0.5) is 11.4 Å². The van der Waals surface area contributed by atoms with Crippen molar-refractivity contribution in [2.45, 2.75) is 46.0 Å². The molecule has 2 aromatic rings. The molecule has 0 aliphatic heterocycles. The van der Waals surface area contributed by atoms with E-state index in [4.69, 9.17) is 9.47 Å². The Hall–Kier alpha value is -2.70. The first kappa shape index (κ1) is 24.6. The van der Waals surface area contributed by atoms with Crippen molar-refractivity contribution in [2.75, 3.05) is 37.1 Å². The summed E-state index contributed by atoms with van der Waals surface area (Å²) >= 11 is 0. The third-order valence-electron chi connectivity index (χ3n) is 4.69. The number of hydrogen-bond acceptors (Lipinski definition) is 4. The summed E-state index contributed by atoms with van der Waals surface area (Å²) in [5.74, 6) is -0.0576. The molecule has 31 heavy (non-hydrogen) atoms. The number of benzene rings is 2. The first-order valence-electron chi connectivity index (χ1n) is 11.0. The van der Waals surface area contributed by atoms with E-state index in [1.165, 1.54) is 0 Å². The molecule has 0 bridgehead atoms. The van der Waals surface area contributed by atoms with Crippen LogP contribution in [0.3, 0.4) is 0 Å². The number of anilines is 2. The van der Waals surface area contributed by atoms with E-state index in [1.807, 2.05) is 55.5 Å². The Balaban J connectivity index is 1.68. The van der Waals surface area contributed by atoms with E-state index in [9.17, 15) is 9.59 Å². The number of ether oxygens (including phenoxy) is 2. The molecule has 0 radical (unpaired) electrons. The molecule has 0 unspecified atom stereocenters. The summed E-state index contributed by atoms with van der Waals surface area (Å²) < 4.78 is 10.8. The van der Waals surface area contributed by atoms with Crippen LogP contribution in [0.1, 0.15) is 50.7 Å². The minimum atomic E-state index is -0.0654. The fourth-order valence-corrected chi connectivity index (χ4v) is 2.85. The van der Waals surface area contributed by atoms with Gasteiger partial charge in [0, 0.05) is 24.4 Å². The topological polar surface area (TPSA) is 76.7 Å². The van der Waals surface area contributed by atoms with Gasteiger partial charge in [0.05, 0.1) is 26.2 Å². The second-order valence-electron chi connectivity index (χ2n) is 7.35. The maximum Gasteiger partial charge on any atom is 0.226 e. The van der Waals surface area contributed by atoms with Gasteiger partial charge in [-0.25, -0.2) is 0 Å². The zero-order chi connectivity index (χ0) is 22.3. The van der Waals surface area contributed by atoms with E-state index in [-0.39, 0.29) is 11.8 Å². The van der Waals surface area contributed by atoms with Gasteiger partial charge < -0.3 is 20.1 Å². The smallest absolute Gasteiger partial charge is 0.226 e. The first-order chi connectivity index (χ1) is 15.1. The average molecular weight is 427 g/mol. The van der Waals surface area contributed by atoms with Crippen molar-refractivity contribution in [1.82, 2.24) is 0 Å². The van der Waals surface area contributed by atoms with E-state index < -0.39 is 0 Å². The van der Waals surface area contributed by atoms with Gasteiger partial charge in [-0.05, 0) is 48.2 Å². The largest absolute Gasteiger partial charge is 0.379 e. The van der Waals surface area contributed by atoms with E-state index >= 15 is 0 Å². The van der Waals surface area contributed by atoms with Crippen molar-refractivity contribution in [2.24, 2.45) is 0 Å². The molecule has 0 saturated heterocycles. The fourth-order valence-electron chi connectivity index (χ4n) is 2.85. The highest BCUT2D eigenvalue weighted by molar-refractivity contribution is 5.91. The molecule has 0 saturated carbocycles. The zero-order valence-electron chi connectivity index (χ0n) is 18.6. The lowest BCUT2D eigenvalue weighted by Gasteiger charge is -2.08. The van der Waals surface area contributed by atoms with E-state index in [0.29, 0.717) is 32.7 Å². The highest BCUT2D eigenvalue weighted by Gasteiger charge is 2.04. The minimum absolute atomic E-state index is 0.00775. The predicted molar refractivity (Wildman–Crippen MR) is 124 cm³/mol. The number of hydrogen-bond donors (Lipinski definition) is 2. The second-order valence-corrected chi connectivity index (χ2v) is 7.35. The van der Waals surface area contributed by atoms with Crippen molar-refractivity contribution in [3.05, 3.63) is 59.7 Å². The lowest BCUT2D eigenvalue weighted by atomic mass is 10.0. The Bertz CT molecular complexity index is 788. The summed E-state index contributed by atoms with van der Waals surface area (Å²) in [6, 6.07) is 15.7. The number of amides is 2. The molecule has 2 rings (SSSR count). The predicted octanol–water partition coefficient (Wildman–Crippen LogP) is 4.79.